The van der Waals surface area contributed by atoms with Gasteiger partial charge >= 0.3 is 0 Å². The Morgan fingerprint density at radius 2 is 1.81 bits per heavy atom. The lowest BCUT2D eigenvalue weighted by Gasteiger charge is -2.13. The summed E-state index contributed by atoms with van der Waals surface area (Å²) >= 11 is 5.89. The fourth-order valence-corrected chi connectivity index (χ4v) is 3.69. The average Bonchev–Trinajstić information content (AvgIpc) is 3.11. The van der Waals surface area contributed by atoms with Gasteiger partial charge in [-0.3, -0.25) is 9.59 Å². The Labute approximate surface area is 183 Å². The van der Waals surface area contributed by atoms with Crippen molar-refractivity contribution < 1.29 is 19.1 Å². The van der Waals surface area contributed by atoms with E-state index >= 15 is 0 Å². The molecule has 8 heteroatoms. The number of furan rings is 1. The van der Waals surface area contributed by atoms with Gasteiger partial charge in [-0.2, -0.15) is 5.10 Å². The van der Waals surface area contributed by atoms with Crippen molar-refractivity contribution in [2.24, 2.45) is 5.10 Å². The molecule has 4 rings (SSSR count). The molecule has 0 atom stereocenters. The second kappa shape index (κ2) is 8.65. The van der Waals surface area contributed by atoms with Crippen LogP contribution in [0.25, 0.3) is 0 Å². The van der Waals surface area contributed by atoms with Gasteiger partial charge in [-0.05, 0) is 56.2 Å². The van der Waals surface area contributed by atoms with Gasteiger partial charge < -0.3 is 14.8 Å². The van der Waals surface area contributed by atoms with Crippen LogP contribution in [0, 0.1) is 6.92 Å². The zero-order valence-corrected chi connectivity index (χ0v) is 17.5. The van der Waals surface area contributed by atoms with Crippen LogP contribution in [0.15, 0.2) is 58.0 Å². The van der Waals surface area contributed by atoms with Gasteiger partial charge in [0, 0.05) is 28.3 Å². The fourth-order valence-electron chi connectivity index (χ4n) is 3.56. The third-order valence-electron chi connectivity index (χ3n) is 5.08. The highest BCUT2D eigenvalue weighted by atomic mass is 35.5. The number of amides is 2. The van der Waals surface area contributed by atoms with E-state index in [1.165, 1.54) is 12.1 Å². The van der Waals surface area contributed by atoms with Crippen molar-refractivity contribution in [3.63, 3.8) is 0 Å². The van der Waals surface area contributed by atoms with Crippen molar-refractivity contribution in [1.82, 2.24) is 5.43 Å². The molecule has 0 bridgehead atoms. The Kier molecular flexibility index (Phi) is 5.77. The van der Waals surface area contributed by atoms with Crippen molar-refractivity contribution >= 4 is 34.8 Å². The van der Waals surface area contributed by atoms with Crippen LogP contribution in [0.2, 0.25) is 5.02 Å². The van der Waals surface area contributed by atoms with E-state index in [-0.39, 0.29) is 23.0 Å². The second-order valence-corrected chi connectivity index (χ2v) is 7.62. The monoisotopic (exact) mass is 437 g/mol. The smallest absolute Gasteiger partial charge is 0.291 e. The van der Waals surface area contributed by atoms with Crippen LogP contribution in [-0.2, 0) is 6.42 Å². The number of aromatic hydroxyl groups is 1. The minimum atomic E-state index is -0.514. The number of para-hydroxylation sites is 1. The van der Waals surface area contributed by atoms with E-state index in [0.717, 1.165) is 12.0 Å². The highest BCUT2D eigenvalue weighted by Crippen LogP contribution is 2.30. The van der Waals surface area contributed by atoms with Crippen LogP contribution < -0.4 is 10.7 Å². The molecule has 2 amide bonds. The van der Waals surface area contributed by atoms with E-state index in [0.29, 0.717) is 40.6 Å². The molecule has 2 aromatic carbocycles. The van der Waals surface area contributed by atoms with Gasteiger partial charge in [-0.1, -0.05) is 23.7 Å². The lowest BCUT2D eigenvalue weighted by atomic mass is 9.93. The highest BCUT2D eigenvalue weighted by Gasteiger charge is 2.28. The van der Waals surface area contributed by atoms with Gasteiger partial charge in [0.25, 0.3) is 11.8 Å². The maximum atomic E-state index is 12.8. The topological polar surface area (TPSA) is 104 Å². The summed E-state index contributed by atoms with van der Waals surface area (Å²) in [6, 6.07) is 13.0. The molecule has 3 N–H and O–H groups in total. The van der Waals surface area contributed by atoms with Gasteiger partial charge in [0.15, 0.2) is 5.76 Å². The summed E-state index contributed by atoms with van der Waals surface area (Å²) in [4.78, 5) is 25.1. The number of carbonyl (C=O) groups excluding carboxylic acids is 2. The van der Waals surface area contributed by atoms with Crippen molar-refractivity contribution in [3.05, 3.63) is 81.8 Å². The Morgan fingerprint density at radius 1 is 1.06 bits per heavy atom. The quantitative estimate of drug-likeness (QED) is 0.516. The maximum absolute atomic E-state index is 12.8. The molecule has 0 saturated carbocycles. The van der Waals surface area contributed by atoms with E-state index in [9.17, 15) is 14.7 Å². The number of hydrazone groups is 1. The summed E-state index contributed by atoms with van der Waals surface area (Å²) in [6.07, 6.45) is 2.09. The predicted octanol–water partition coefficient (Wildman–Crippen LogP) is 4.67. The number of fused-ring (bicyclic) bond motifs is 1. The van der Waals surface area contributed by atoms with Gasteiger partial charge in [0.2, 0.25) is 0 Å². The molecule has 0 unspecified atom stereocenters. The molecule has 0 fully saturated rings. The van der Waals surface area contributed by atoms with Crippen molar-refractivity contribution in [1.29, 1.82) is 0 Å². The molecule has 158 valence electrons. The normalized spacial score (nSPS) is 14.2. The lowest BCUT2D eigenvalue weighted by Crippen LogP contribution is -2.22. The molecular formula is C23H20ClN3O4. The number of nitrogens with one attached hydrogen (secondary N) is 2. The van der Waals surface area contributed by atoms with Crippen LogP contribution in [0.3, 0.4) is 0 Å². The first-order valence-corrected chi connectivity index (χ1v) is 10.2. The summed E-state index contributed by atoms with van der Waals surface area (Å²) in [5.41, 5.74) is 5.27. The number of phenols is 1. The molecule has 7 nitrogen and oxygen atoms in total. The van der Waals surface area contributed by atoms with Gasteiger partial charge in [-0.15, -0.1) is 0 Å². The second-order valence-electron chi connectivity index (χ2n) is 7.19. The van der Waals surface area contributed by atoms with Crippen LogP contribution in [0.5, 0.6) is 5.75 Å². The Hall–Kier alpha value is -3.58. The molecule has 0 saturated heterocycles. The number of rotatable bonds is 4. The summed E-state index contributed by atoms with van der Waals surface area (Å²) in [5.74, 6) is -0.126. The van der Waals surface area contributed by atoms with Gasteiger partial charge in [0.05, 0.1) is 11.3 Å². The van der Waals surface area contributed by atoms with E-state index in [1.54, 1.807) is 43.3 Å². The molecule has 0 radical (unpaired) electrons. The van der Waals surface area contributed by atoms with Crippen LogP contribution in [0.1, 0.15) is 50.6 Å². The molecule has 1 aromatic heterocycles. The molecule has 0 spiro atoms. The standard InChI is InChI=1S/C23H20ClN3O4/c1-13-20-17(26-27-22(29)16-5-2-3-7-18(16)28)6-4-8-19(20)31-21(13)23(30)25-15-11-9-14(24)10-12-15/h2-3,5,7,9-12,28H,4,6,8H2,1H3,(H,25,30)(H,27,29)/b26-17+. The van der Waals surface area contributed by atoms with Crippen molar-refractivity contribution in [3.8, 4) is 5.75 Å². The predicted molar refractivity (Wildman–Crippen MR) is 118 cm³/mol. The Morgan fingerprint density at radius 3 is 2.55 bits per heavy atom. The number of aryl methyl sites for hydroxylation is 1. The number of halogens is 1. The zero-order chi connectivity index (χ0) is 22.0. The summed E-state index contributed by atoms with van der Waals surface area (Å²) in [6.45, 7) is 1.80. The minimum absolute atomic E-state index is 0.120. The first kappa shape index (κ1) is 20.7. The number of hydrogen-bond donors (Lipinski definition) is 3. The SMILES string of the molecule is Cc1c(C(=O)Nc2ccc(Cl)cc2)oc2c1/C(=N/NC(=O)c1ccccc1O)CCC2. The Bertz CT molecular complexity index is 1180. The van der Waals surface area contributed by atoms with Gasteiger partial charge in [0.1, 0.15) is 11.5 Å². The van der Waals surface area contributed by atoms with Gasteiger partial charge in [-0.25, -0.2) is 5.43 Å². The number of nitrogens with zero attached hydrogens (tertiary/aromatic N) is 1. The molecule has 1 aliphatic rings. The first-order chi connectivity index (χ1) is 14.9. The lowest BCUT2D eigenvalue weighted by molar-refractivity contribution is 0.0950. The third-order valence-corrected chi connectivity index (χ3v) is 5.33. The van der Waals surface area contributed by atoms with E-state index in [4.69, 9.17) is 16.0 Å². The number of hydrogen-bond acceptors (Lipinski definition) is 5. The molecule has 31 heavy (non-hydrogen) atoms. The zero-order valence-electron chi connectivity index (χ0n) is 16.7. The molecule has 3 aromatic rings. The number of benzene rings is 2. The van der Waals surface area contributed by atoms with Crippen LogP contribution in [0.4, 0.5) is 5.69 Å². The first-order valence-electron chi connectivity index (χ1n) is 9.78. The fraction of sp³-hybridized carbons (Fsp3) is 0.174. The number of carbonyl (C=O) groups is 2. The summed E-state index contributed by atoms with van der Waals surface area (Å²) < 4.78 is 5.86. The van der Waals surface area contributed by atoms with Crippen LogP contribution >= 0.6 is 11.6 Å². The average molecular weight is 438 g/mol. The highest BCUT2D eigenvalue weighted by molar-refractivity contribution is 6.30. The van der Waals surface area contributed by atoms with Crippen LogP contribution in [-0.4, -0.2) is 22.6 Å². The molecule has 1 heterocycles. The minimum Gasteiger partial charge on any atom is -0.507 e. The molecule has 1 aliphatic carbocycles. The van der Waals surface area contributed by atoms with E-state index in [2.05, 4.69) is 15.8 Å². The maximum Gasteiger partial charge on any atom is 0.291 e. The van der Waals surface area contributed by atoms with Crippen molar-refractivity contribution in [2.75, 3.05) is 5.32 Å². The Balaban J connectivity index is 1.57. The molecular weight excluding hydrogens is 418 g/mol. The molecule has 0 aliphatic heterocycles. The van der Waals surface area contributed by atoms with E-state index < -0.39 is 5.91 Å². The van der Waals surface area contributed by atoms with E-state index in [1.807, 2.05) is 0 Å². The summed E-state index contributed by atoms with van der Waals surface area (Å²) in [7, 11) is 0. The number of phenolic OH excluding ortho intramolecular Hbond substituents is 1. The number of anilines is 1. The van der Waals surface area contributed by atoms with Crippen molar-refractivity contribution in [2.45, 2.75) is 26.2 Å². The third kappa shape index (κ3) is 4.32. The largest absolute Gasteiger partial charge is 0.507 e. The summed E-state index contributed by atoms with van der Waals surface area (Å²) in [5, 5.41) is 17.5.